The quantitative estimate of drug-likeness (QED) is 0.448. The molecular weight excluding hydrogens is 392 g/mol. The lowest BCUT2D eigenvalue weighted by atomic mass is 10.2. The van der Waals surface area contributed by atoms with Crippen LogP contribution < -0.4 is 20.1 Å². The van der Waals surface area contributed by atoms with Gasteiger partial charge in [0.15, 0.2) is 11.5 Å². The average Bonchev–Trinajstić information content (AvgIpc) is 3.15. The number of nitrogens with one attached hydrogen (secondary N) is 2. The minimum absolute atomic E-state index is 0.117. The molecule has 0 radical (unpaired) electrons. The Morgan fingerprint density at radius 2 is 1.68 bits per heavy atom. The van der Waals surface area contributed by atoms with Crippen molar-refractivity contribution in [1.29, 1.82) is 0 Å². The Morgan fingerprint density at radius 3 is 2.45 bits per heavy atom. The zero-order chi connectivity index (χ0) is 21.6. The summed E-state index contributed by atoms with van der Waals surface area (Å²) in [6, 6.07) is 23.1. The third kappa shape index (κ3) is 4.61. The summed E-state index contributed by atoms with van der Waals surface area (Å²) in [5, 5.41) is 6.28. The molecule has 0 atom stereocenters. The highest BCUT2D eigenvalue weighted by molar-refractivity contribution is 5.92. The van der Waals surface area contributed by atoms with E-state index >= 15 is 0 Å². The van der Waals surface area contributed by atoms with Crippen molar-refractivity contribution in [2.45, 2.75) is 13.1 Å². The van der Waals surface area contributed by atoms with Crippen molar-refractivity contribution in [2.75, 3.05) is 24.9 Å². The van der Waals surface area contributed by atoms with Crippen molar-refractivity contribution in [3.8, 4) is 11.5 Å². The third-order valence-electron chi connectivity index (χ3n) is 4.92. The predicted octanol–water partition coefficient (Wildman–Crippen LogP) is 4.30. The van der Waals surface area contributed by atoms with Gasteiger partial charge in [-0.2, -0.15) is 0 Å². The number of methoxy groups -OCH3 is 2. The van der Waals surface area contributed by atoms with Crippen LogP contribution in [0.2, 0.25) is 0 Å². The molecule has 1 amide bonds. The van der Waals surface area contributed by atoms with Crippen molar-refractivity contribution < 1.29 is 14.3 Å². The fourth-order valence-corrected chi connectivity index (χ4v) is 3.41. The monoisotopic (exact) mass is 416 g/mol. The molecule has 7 nitrogen and oxygen atoms in total. The molecule has 1 heterocycles. The van der Waals surface area contributed by atoms with Crippen LogP contribution in [-0.4, -0.2) is 29.7 Å². The highest BCUT2D eigenvalue weighted by atomic mass is 16.5. The van der Waals surface area contributed by atoms with E-state index in [2.05, 4.69) is 15.6 Å². The van der Waals surface area contributed by atoms with Crippen molar-refractivity contribution in [3.05, 3.63) is 78.4 Å². The number of hydrogen-bond donors (Lipinski definition) is 2. The standard InChI is InChI=1S/C24H24N4O3/c1-30-21-13-12-18(14-22(21)31-2)26-23(29)16-28-20-11-7-6-10-19(20)27-24(28)25-15-17-8-4-3-5-9-17/h3-14H,15-16H2,1-2H3,(H,25,27)(H,26,29). The molecule has 0 fully saturated rings. The fourth-order valence-electron chi connectivity index (χ4n) is 3.41. The van der Waals surface area contributed by atoms with Crippen molar-refractivity contribution >= 4 is 28.6 Å². The number of imidazole rings is 1. The number of carbonyl (C=O) groups is 1. The number of aromatic nitrogens is 2. The Hall–Kier alpha value is -4.00. The highest BCUT2D eigenvalue weighted by Crippen LogP contribution is 2.30. The first-order valence-corrected chi connectivity index (χ1v) is 9.93. The second kappa shape index (κ2) is 9.21. The lowest BCUT2D eigenvalue weighted by molar-refractivity contribution is -0.116. The normalized spacial score (nSPS) is 10.6. The van der Waals surface area contributed by atoms with Gasteiger partial charge >= 0.3 is 0 Å². The van der Waals surface area contributed by atoms with Gasteiger partial charge in [-0.1, -0.05) is 42.5 Å². The van der Waals surface area contributed by atoms with Crippen LogP contribution in [-0.2, 0) is 17.9 Å². The minimum Gasteiger partial charge on any atom is -0.493 e. The van der Waals surface area contributed by atoms with E-state index in [1.165, 1.54) is 0 Å². The van der Waals surface area contributed by atoms with E-state index in [1.807, 2.05) is 59.2 Å². The molecule has 3 aromatic carbocycles. The highest BCUT2D eigenvalue weighted by Gasteiger charge is 2.14. The fraction of sp³-hybridized carbons (Fsp3) is 0.167. The molecule has 0 saturated heterocycles. The summed E-state index contributed by atoms with van der Waals surface area (Å²) < 4.78 is 12.4. The third-order valence-corrected chi connectivity index (χ3v) is 4.92. The van der Waals surface area contributed by atoms with Gasteiger partial charge in [-0.3, -0.25) is 4.79 Å². The number of carbonyl (C=O) groups excluding carboxylic acids is 1. The molecule has 0 aliphatic carbocycles. The minimum atomic E-state index is -0.168. The molecule has 0 aliphatic heterocycles. The first kappa shape index (κ1) is 20.3. The predicted molar refractivity (Wildman–Crippen MR) is 122 cm³/mol. The maximum Gasteiger partial charge on any atom is 0.244 e. The number of benzene rings is 3. The van der Waals surface area contributed by atoms with Crippen LogP contribution >= 0.6 is 0 Å². The van der Waals surface area contributed by atoms with Gasteiger partial charge < -0.3 is 24.7 Å². The number of fused-ring (bicyclic) bond motifs is 1. The second-order valence-electron chi connectivity index (χ2n) is 6.97. The Bertz CT molecular complexity index is 1190. The molecule has 0 unspecified atom stereocenters. The maximum absolute atomic E-state index is 12.8. The molecular formula is C24H24N4O3. The summed E-state index contributed by atoms with van der Waals surface area (Å²) in [5.74, 6) is 1.64. The average molecular weight is 416 g/mol. The van der Waals surface area contributed by atoms with Gasteiger partial charge in [0.2, 0.25) is 11.9 Å². The van der Waals surface area contributed by atoms with E-state index in [4.69, 9.17) is 9.47 Å². The molecule has 7 heteroatoms. The molecule has 158 valence electrons. The van der Waals surface area contributed by atoms with Crippen LogP contribution in [0.15, 0.2) is 72.8 Å². The van der Waals surface area contributed by atoms with E-state index in [0.717, 1.165) is 16.6 Å². The number of para-hydroxylation sites is 2. The second-order valence-corrected chi connectivity index (χ2v) is 6.97. The summed E-state index contributed by atoms with van der Waals surface area (Å²) in [6.07, 6.45) is 0. The summed E-state index contributed by atoms with van der Waals surface area (Å²) >= 11 is 0. The smallest absolute Gasteiger partial charge is 0.244 e. The van der Waals surface area contributed by atoms with Crippen LogP contribution in [0.4, 0.5) is 11.6 Å². The van der Waals surface area contributed by atoms with E-state index < -0.39 is 0 Å². The van der Waals surface area contributed by atoms with E-state index in [0.29, 0.717) is 29.7 Å². The topological polar surface area (TPSA) is 77.4 Å². The number of hydrogen-bond acceptors (Lipinski definition) is 5. The van der Waals surface area contributed by atoms with Crippen molar-refractivity contribution in [3.63, 3.8) is 0 Å². The van der Waals surface area contributed by atoms with Gasteiger partial charge in [0.1, 0.15) is 6.54 Å². The summed E-state index contributed by atoms with van der Waals surface area (Å²) in [6.45, 7) is 0.730. The lowest BCUT2D eigenvalue weighted by Gasteiger charge is -2.13. The summed E-state index contributed by atoms with van der Waals surface area (Å²) in [7, 11) is 3.13. The van der Waals surface area contributed by atoms with E-state index in [-0.39, 0.29) is 12.5 Å². The number of ether oxygens (including phenoxy) is 2. The van der Waals surface area contributed by atoms with E-state index in [9.17, 15) is 4.79 Å². The molecule has 2 N–H and O–H groups in total. The summed E-state index contributed by atoms with van der Waals surface area (Å²) in [4.78, 5) is 17.5. The Balaban J connectivity index is 1.54. The van der Waals surface area contributed by atoms with Gasteiger partial charge in [0, 0.05) is 18.3 Å². The van der Waals surface area contributed by atoms with Crippen molar-refractivity contribution in [1.82, 2.24) is 9.55 Å². The van der Waals surface area contributed by atoms with Gasteiger partial charge in [0.25, 0.3) is 0 Å². The Kier molecular flexibility index (Phi) is 6.03. The SMILES string of the molecule is COc1ccc(NC(=O)Cn2c(NCc3ccccc3)nc3ccccc32)cc1OC. The number of amides is 1. The molecule has 0 aliphatic rings. The zero-order valence-corrected chi connectivity index (χ0v) is 17.5. The maximum atomic E-state index is 12.8. The molecule has 1 aromatic heterocycles. The lowest BCUT2D eigenvalue weighted by Crippen LogP contribution is -2.20. The van der Waals surface area contributed by atoms with Crippen LogP contribution in [0.3, 0.4) is 0 Å². The molecule has 4 rings (SSSR count). The first-order chi connectivity index (χ1) is 15.2. The number of anilines is 2. The van der Waals surface area contributed by atoms with Gasteiger partial charge in [0.05, 0.1) is 25.3 Å². The first-order valence-electron chi connectivity index (χ1n) is 9.93. The van der Waals surface area contributed by atoms with Gasteiger partial charge in [-0.25, -0.2) is 4.98 Å². The van der Waals surface area contributed by atoms with Crippen LogP contribution in [0.5, 0.6) is 11.5 Å². The zero-order valence-electron chi connectivity index (χ0n) is 17.5. The van der Waals surface area contributed by atoms with Gasteiger partial charge in [-0.05, 0) is 29.8 Å². The van der Waals surface area contributed by atoms with Crippen molar-refractivity contribution in [2.24, 2.45) is 0 Å². The van der Waals surface area contributed by atoms with Crippen LogP contribution in [0.1, 0.15) is 5.56 Å². The molecule has 31 heavy (non-hydrogen) atoms. The summed E-state index contributed by atoms with van der Waals surface area (Å²) in [5.41, 5.74) is 3.49. The molecule has 0 spiro atoms. The van der Waals surface area contributed by atoms with E-state index in [1.54, 1.807) is 32.4 Å². The number of rotatable bonds is 8. The molecule has 4 aromatic rings. The van der Waals surface area contributed by atoms with Crippen LogP contribution in [0.25, 0.3) is 11.0 Å². The Labute approximate surface area is 180 Å². The Morgan fingerprint density at radius 1 is 0.935 bits per heavy atom. The largest absolute Gasteiger partial charge is 0.493 e. The van der Waals surface area contributed by atoms with Gasteiger partial charge in [-0.15, -0.1) is 0 Å². The number of nitrogens with zero attached hydrogens (tertiary/aromatic N) is 2. The van der Waals surface area contributed by atoms with Crippen LogP contribution in [0, 0.1) is 0 Å². The molecule has 0 saturated carbocycles. The molecule has 0 bridgehead atoms.